The summed E-state index contributed by atoms with van der Waals surface area (Å²) in [5.41, 5.74) is 0.831. The van der Waals surface area contributed by atoms with Crippen LogP contribution in [0.4, 0.5) is 15.9 Å². The maximum Gasteiger partial charge on any atom is 0.341 e. The minimum atomic E-state index is -1.32. The maximum atomic E-state index is 14.0. The second-order valence-corrected chi connectivity index (χ2v) is 10.1. The molecule has 0 spiro atoms. The van der Waals surface area contributed by atoms with E-state index in [1.54, 1.807) is 16.8 Å². The van der Waals surface area contributed by atoms with E-state index in [4.69, 9.17) is 16.3 Å². The topological polar surface area (TPSA) is 101 Å². The summed E-state index contributed by atoms with van der Waals surface area (Å²) in [4.78, 5) is 37.8. The van der Waals surface area contributed by atoms with E-state index in [1.165, 1.54) is 30.6 Å². The maximum absolute atomic E-state index is 14.0. The highest BCUT2D eigenvalue weighted by Crippen LogP contribution is 2.36. The van der Waals surface area contributed by atoms with Crippen LogP contribution in [-0.4, -0.2) is 57.9 Å². The monoisotopic (exact) mass is 549 g/mol. The summed E-state index contributed by atoms with van der Waals surface area (Å²) in [6.45, 7) is 2.79. The van der Waals surface area contributed by atoms with Crippen molar-refractivity contribution in [3.63, 3.8) is 0 Å². The summed E-state index contributed by atoms with van der Waals surface area (Å²) in [6, 6.07) is 9.77. The molecule has 0 aliphatic carbocycles. The molecule has 1 aromatic carbocycles. The van der Waals surface area contributed by atoms with Gasteiger partial charge in [0.1, 0.15) is 18.0 Å². The van der Waals surface area contributed by atoms with Gasteiger partial charge in [-0.3, -0.25) is 4.79 Å². The normalized spacial score (nSPS) is 16.9. The lowest BCUT2D eigenvalue weighted by atomic mass is 10.1. The fraction of sp³-hybridized carbons (Fsp3) is 0.286. The van der Waals surface area contributed by atoms with Crippen LogP contribution in [0.5, 0.6) is 5.88 Å². The van der Waals surface area contributed by atoms with Crippen LogP contribution in [0.15, 0.2) is 59.8 Å². The molecule has 5 heterocycles. The number of carboxylic acids is 1. The van der Waals surface area contributed by atoms with Gasteiger partial charge >= 0.3 is 5.97 Å². The lowest BCUT2D eigenvalue weighted by Crippen LogP contribution is -2.37. The number of carboxylic acid groups (broad SMARTS) is 1. The van der Waals surface area contributed by atoms with E-state index in [0.717, 1.165) is 38.2 Å². The zero-order valence-electron chi connectivity index (χ0n) is 20.9. The molecule has 2 aliphatic heterocycles. The van der Waals surface area contributed by atoms with Crippen LogP contribution in [0.25, 0.3) is 16.6 Å². The fourth-order valence-electron chi connectivity index (χ4n) is 5.15. The van der Waals surface area contributed by atoms with Gasteiger partial charge in [-0.1, -0.05) is 11.6 Å². The van der Waals surface area contributed by atoms with Gasteiger partial charge in [-0.2, -0.15) is 0 Å². The quantitative estimate of drug-likeness (QED) is 0.359. The molecule has 3 aromatic heterocycles. The van der Waals surface area contributed by atoms with E-state index in [1.807, 2.05) is 12.1 Å². The summed E-state index contributed by atoms with van der Waals surface area (Å²) >= 11 is 6.70. The van der Waals surface area contributed by atoms with Crippen LogP contribution in [0.2, 0.25) is 5.02 Å². The van der Waals surface area contributed by atoms with Crippen molar-refractivity contribution in [1.82, 2.24) is 14.5 Å². The molecule has 39 heavy (non-hydrogen) atoms. The molecule has 0 unspecified atom stereocenters. The molecule has 6 rings (SSSR count). The van der Waals surface area contributed by atoms with Gasteiger partial charge in [-0.05, 0) is 55.7 Å². The predicted molar refractivity (Wildman–Crippen MR) is 146 cm³/mol. The Morgan fingerprint density at radius 2 is 2.00 bits per heavy atom. The molecule has 1 atom stereocenters. The number of hydrogen-bond acceptors (Lipinski definition) is 7. The molecule has 11 heteroatoms. The smallest absolute Gasteiger partial charge is 0.341 e. The van der Waals surface area contributed by atoms with E-state index in [2.05, 4.69) is 19.8 Å². The number of rotatable bonds is 7. The first-order valence-corrected chi connectivity index (χ1v) is 13.1. The number of fused-ring (bicyclic) bond motifs is 1. The van der Waals surface area contributed by atoms with E-state index in [-0.39, 0.29) is 29.5 Å². The third kappa shape index (κ3) is 4.65. The zero-order chi connectivity index (χ0) is 27.1. The van der Waals surface area contributed by atoms with Crippen LogP contribution < -0.4 is 20.0 Å². The molecule has 200 valence electrons. The number of hydrogen-bond donors (Lipinski definition) is 1. The van der Waals surface area contributed by atoms with Gasteiger partial charge < -0.3 is 24.2 Å². The van der Waals surface area contributed by atoms with E-state index in [0.29, 0.717) is 28.5 Å². The first kappa shape index (κ1) is 25.1. The lowest BCUT2D eigenvalue weighted by Gasteiger charge is -2.32. The van der Waals surface area contributed by atoms with Crippen LogP contribution in [0, 0.1) is 5.82 Å². The number of halogens is 2. The van der Waals surface area contributed by atoms with Gasteiger partial charge in [0.25, 0.3) is 0 Å². The Labute approximate surface area is 228 Å². The lowest BCUT2D eigenvalue weighted by molar-refractivity contribution is 0.0695. The van der Waals surface area contributed by atoms with Crippen LogP contribution >= 0.6 is 11.6 Å². The van der Waals surface area contributed by atoms with Crippen molar-refractivity contribution in [2.24, 2.45) is 0 Å². The summed E-state index contributed by atoms with van der Waals surface area (Å²) < 4.78 is 21.4. The molecule has 2 aliphatic rings. The molecule has 4 aromatic rings. The van der Waals surface area contributed by atoms with Gasteiger partial charge in [0.05, 0.1) is 34.2 Å². The van der Waals surface area contributed by atoms with Crippen LogP contribution in [0.3, 0.4) is 0 Å². The Bertz CT molecular complexity index is 1620. The SMILES string of the molecule is O=C(O)c1cn(-c2ccc(N3CCC3)nc2)c2cc(N3CCC[C@@H]3COc3ncccc3F)c(Cl)cc2c1=O. The third-order valence-corrected chi connectivity index (χ3v) is 7.62. The highest BCUT2D eigenvalue weighted by Gasteiger charge is 2.29. The molecule has 0 saturated carbocycles. The highest BCUT2D eigenvalue weighted by molar-refractivity contribution is 6.34. The van der Waals surface area contributed by atoms with Gasteiger partial charge in [0, 0.05) is 37.4 Å². The number of ether oxygens (including phenoxy) is 1. The Hall–Kier alpha value is -4.18. The second kappa shape index (κ2) is 10.2. The first-order chi connectivity index (χ1) is 18.9. The Morgan fingerprint density at radius 1 is 1.15 bits per heavy atom. The molecule has 2 fully saturated rings. The molecular weight excluding hydrogens is 525 g/mol. The van der Waals surface area contributed by atoms with Crippen LogP contribution in [-0.2, 0) is 0 Å². The second-order valence-electron chi connectivity index (χ2n) is 9.67. The zero-order valence-corrected chi connectivity index (χ0v) is 21.6. The largest absolute Gasteiger partial charge is 0.477 e. The summed E-state index contributed by atoms with van der Waals surface area (Å²) in [5.74, 6) is -1.06. The number of carbonyl (C=O) groups is 1. The van der Waals surface area contributed by atoms with Crippen molar-refractivity contribution < 1.29 is 19.0 Å². The summed E-state index contributed by atoms with van der Waals surface area (Å²) in [6.07, 6.45) is 7.28. The van der Waals surface area contributed by atoms with Crippen molar-refractivity contribution in [2.75, 3.05) is 36.0 Å². The molecular formula is C28H25ClFN5O4. The van der Waals surface area contributed by atoms with Gasteiger partial charge in [0.2, 0.25) is 11.3 Å². The van der Waals surface area contributed by atoms with E-state index < -0.39 is 17.2 Å². The van der Waals surface area contributed by atoms with Crippen molar-refractivity contribution in [2.45, 2.75) is 25.3 Å². The molecule has 0 bridgehead atoms. The fourth-order valence-corrected chi connectivity index (χ4v) is 5.42. The number of benzene rings is 1. The number of anilines is 2. The molecule has 1 N–H and O–H groups in total. The van der Waals surface area contributed by atoms with Gasteiger partial charge in [-0.15, -0.1) is 0 Å². The summed E-state index contributed by atoms with van der Waals surface area (Å²) in [7, 11) is 0. The van der Waals surface area contributed by atoms with Gasteiger partial charge in [0.15, 0.2) is 5.82 Å². The van der Waals surface area contributed by atoms with E-state index >= 15 is 0 Å². The molecule has 9 nitrogen and oxygen atoms in total. The van der Waals surface area contributed by atoms with Gasteiger partial charge in [-0.25, -0.2) is 19.2 Å². The number of aromatic nitrogens is 3. The third-order valence-electron chi connectivity index (χ3n) is 7.32. The van der Waals surface area contributed by atoms with Crippen molar-refractivity contribution in [3.05, 3.63) is 81.6 Å². The molecule has 0 amide bonds. The highest BCUT2D eigenvalue weighted by atomic mass is 35.5. The predicted octanol–water partition coefficient (Wildman–Crippen LogP) is 4.53. The summed E-state index contributed by atoms with van der Waals surface area (Å²) in [5, 5.41) is 10.2. The van der Waals surface area contributed by atoms with Crippen molar-refractivity contribution in [1.29, 1.82) is 0 Å². The standard InChI is InChI=1S/C28H25ClFN5O4/c29-21-12-19-23(13-24(21)34-11-2-4-18(34)16-39-27-22(30)5-1-8-31-27)35(15-20(26(19)36)28(37)38)17-6-7-25(32-14-17)33-9-3-10-33/h1,5-8,12-15,18H,2-4,9-11,16H2,(H,37,38)/t18-/m1/s1. The number of aromatic carboxylic acids is 1. The minimum absolute atomic E-state index is 0.0572. The number of nitrogens with zero attached hydrogens (tertiary/aromatic N) is 5. The Kier molecular flexibility index (Phi) is 6.56. The minimum Gasteiger partial charge on any atom is -0.477 e. The van der Waals surface area contributed by atoms with Crippen LogP contribution in [0.1, 0.15) is 29.6 Å². The van der Waals surface area contributed by atoms with E-state index in [9.17, 15) is 19.1 Å². The Balaban J connectivity index is 1.41. The first-order valence-electron chi connectivity index (χ1n) is 12.7. The number of pyridine rings is 3. The average molecular weight is 550 g/mol. The molecule has 2 saturated heterocycles. The average Bonchev–Trinajstić information content (AvgIpc) is 3.36. The van der Waals surface area contributed by atoms with Crippen molar-refractivity contribution in [3.8, 4) is 11.6 Å². The Morgan fingerprint density at radius 3 is 2.69 bits per heavy atom. The molecule has 0 radical (unpaired) electrons. The van der Waals surface area contributed by atoms with Crippen molar-refractivity contribution >= 4 is 40.0 Å².